The van der Waals surface area contributed by atoms with Crippen LogP contribution in [-0.2, 0) is 0 Å². The normalized spacial score (nSPS) is 11.8. The Bertz CT molecular complexity index is 2540. The molecule has 0 aliphatic carbocycles. The van der Waals surface area contributed by atoms with Gasteiger partial charge in [-0.2, -0.15) is 0 Å². The topological polar surface area (TPSA) is 16.4 Å². The van der Waals surface area contributed by atoms with E-state index < -0.39 is 0 Å². The van der Waals surface area contributed by atoms with Gasteiger partial charge in [0.1, 0.15) is 11.2 Å². The first-order valence-electron chi connectivity index (χ1n) is 14.8. The molecule has 43 heavy (non-hydrogen) atoms. The van der Waals surface area contributed by atoms with Crippen LogP contribution in [0.1, 0.15) is 5.56 Å². The van der Waals surface area contributed by atoms with E-state index in [4.69, 9.17) is 4.42 Å². The maximum atomic E-state index is 6.56. The summed E-state index contributed by atoms with van der Waals surface area (Å²) in [5.74, 6) is 0. The van der Waals surface area contributed by atoms with Crippen LogP contribution in [0.25, 0.3) is 65.0 Å². The lowest BCUT2D eigenvalue weighted by molar-refractivity contribution is 0.672. The van der Waals surface area contributed by atoms with E-state index in [1.54, 1.807) is 0 Å². The number of benzene rings is 8. The average Bonchev–Trinajstić information content (AvgIpc) is 3.45. The van der Waals surface area contributed by atoms with Crippen LogP contribution in [-0.4, -0.2) is 0 Å². The second-order valence-electron chi connectivity index (χ2n) is 11.4. The molecule has 2 heteroatoms. The lowest BCUT2D eigenvalue weighted by atomic mass is 9.97. The Morgan fingerprint density at radius 1 is 0.442 bits per heavy atom. The zero-order chi connectivity index (χ0) is 28.5. The molecule has 8 aromatic carbocycles. The minimum atomic E-state index is 0.922. The smallest absolute Gasteiger partial charge is 0.143 e. The Balaban J connectivity index is 1.47. The van der Waals surface area contributed by atoms with Crippen molar-refractivity contribution in [3.8, 4) is 0 Å². The third-order valence-electron chi connectivity index (χ3n) is 8.91. The van der Waals surface area contributed by atoms with E-state index in [1.807, 2.05) is 0 Å². The van der Waals surface area contributed by atoms with Crippen LogP contribution in [0.5, 0.6) is 0 Å². The van der Waals surface area contributed by atoms with Crippen molar-refractivity contribution in [2.75, 3.05) is 4.90 Å². The molecule has 0 atom stereocenters. The molecule has 0 aliphatic rings. The summed E-state index contributed by atoms with van der Waals surface area (Å²) in [5.41, 5.74) is 6.47. The van der Waals surface area contributed by atoms with Gasteiger partial charge in [-0.15, -0.1) is 0 Å². The molecule has 1 aromatic heterocycles. The fourth-order valence-electron chi connectivity index (χ4n) is 6.93. The average molecular weight is 550 g/mol. The molecule has 2 nitrogen and oxygen atoms in total. The number of hydrogen-bond acceptors (Lipinski definition) is 2. The van der Waals surface area contributed by atoms with Crippen LogP contribution in [0.3, 0.4) is 0 Å². The number of hydrogen-bond donors (Lipinski definition) is 0. The molecule has 9 rings (SSSR count). The summed E-state index contributed by atoms with van der Waals surface area (Å²) in [6.07, 6.45) is 0. The van der Waals surface area contributed by atoms with Crippen molar-refractivity contribution in [3.05, 3.63) is 151 Å². The molecule has 202 valence electrons. The van der Waals surface area contributed by atoms with E-state index in [-0.39, 0.29) is 0 Å². The fourth-order valence-corrected chi connectivity index (χ4v) is 6.93. The standard InChI is InChI=1S/C41H27NO/c1-26-11-10-20-39-40(26)36-25-38(34-18-8-9-19-35(34)41(36)43-39)42(30-22-21-27-12-2-3-13-28(27)23-30)37-24-29-14-4-5-15-31(29)32-16-6-7-17-33(32)37/h2-25H,1H3. The predicted octanol–water partition coefficient (Wildman–Crippen LogP) is 12.0. The highest BCUT2D eigenvalue weighted by atomic mass is 16.3. The number of fused-ring (bicyclic) bond motifs is 9. The lowest BCUT2D eigenvalue weighted by Gasteiger charge is -2.29. The van der Waals surface area contributed by atoms with Crippen LogP contribution < -0.4 is 4.90 Å². The fraction of sp³-hybridized carbons (Fsp3) is 0.0244. The molecule has 0 saturated carbocycles. The molecule has 0 unspecified atom stereocenters. The maximum Gasteiger partial charge on any atom is 0.143 e. The van der Waals surface area contributed by atoms with E-state index in [0.29, 0.717) is 0 Å². The van der Waals surface area contributed by atoms with Gasteiger partial charge in [0.05, 0.1) is 11.4 Å². The van der Waals surface area contributed by atoms with Crippen LogP contribution in [0, 0.1) is 6.92 Å². The maximum absolute atomic E-state index is 6.56. The van der Waals surface area contributed by atoms with Gasteiger partial charge in [0.15, 0.2) is 0 Å². The van der Waals surface area contributed by atoms with Crippen molar-refractivity contribution in [2.24, 2.45) is 0 Å². The molecule has 0 radical (unpaired) electrons. The minimum absolute atomic E-state index is 0.922. The Kier molecular flexibility index (Phi) is 5.15. The second-order valence-corrected chi connectivity index (χ2v) is 11.4. The minimum Gasteiger partial charge on any atom is -0.455 e. The highest BCUT2D eigenvalue weighted by Crippen LogP contribution is 2.48. The quantitative estimate of drug-likeness (QED) is 0.204. The molecule has 1 heterocycles. The molecule has 0 fully saturated rings. The van der Waals surface area contributed by atoms with Crippen LogP contribution in [0.15, 0.2) is 150 Å². The number of nitrogens with zero attached hydrogens (tertiary/aromatic N) is 1. The molecular weight excluding hydrogens is 522 g/mol. The van der Waals surface area contributed by atoms with E-state index in [1.165, 1.54) is 43.3 Å². The largest absolute Gasteiger partial charge is 0.455 e. The summed E-state index contributed by atoms with van der Waals surface area (Å²) in [4.78, 5) is 2.46. The summed E-state index contributed by atoms with van der Waals surface area (Å²) < 4.78 is 6.56. The molecular formula is C41H27NO. The molecule has 0 N–H and O–H groups in total. The summed E-state index contributed by atoms with van der Waals surface area (Å²) in [5, 5.41) is 12.0. The van der Waals surface area contributed by atoms with Gasteiger partial charge in [0.25, 0.3) is 0 Å². The Morgan fingerprint density at radius 2 is 1.07 bits per heavy atom. The monoisotopic (exact) mass is 549 g/mol. The van der Waals surface area contributed by atoms with Gasteiger partial charge >= 0.3 is 0 Å². The van der Waals surface area contributed by atoms with Crippen molar-refractivity contribution in [1.29, 1.82) is 0 Å². The number of anilines is 3. The van der Waals surface area contributed by atoms with Gasteiger partial charge in [0, 0.05) is 32.6 Å². The zero-order valence-electron chi connectivity index (χ0n) is 23.7. The third-order valence-corrected chi connectivity index (χ3v) is 8.91. The summed E-state index contributed by atoms with van der Waals surface area (Å²) in [6, 6.07) is 52.6. The summed E-state index contributed by atoms with van der Waals surface area (Å²) in [6.45, 7) is 2.17. The number of aryl methyl sites for hydroxylation is 1. The number of furan rings is 1. The van der Waals surface area contributed by atoms with Gasteiger partial charge in [-0.3, -0.25) is 0 Å². The van der Waals surface area contributed by atoms with Gasteiger partial charge in [-0.25, -0.2) is 0 Å². The molecule has 0 amide bonds. The first-order chi connectivity index (χ1) is 21.2. The Morgan fingerprint density at radius 3 is 1.88 bits per heavy atom. The van der Waals surface area contributed by atoms with Crippen LogP contribution in [0.4, 0.5) is 17.1 Å². The molecule has 9 aromatic rings. The molecule has 0 bridgehead atoms. The van der Waals surface area contributed by atoms with Gasteiger partial charge < -0.3 is 9.32 Å². The predicted molar refractivity (Wildman–Crippen MR) is 183 cm³/mol. The van der Waals surface area contributed by atoms with Crippen molar-refractivity contribution in [1.82, 2.24) is 0 Å². The SMILES string of the molecule is Cc1cccc2oc3c4ccccc4c(N(c4ccc5ccccc5c4)c4cc5ccccc5c5ccccc45)cc3c12. The Hall–Kier alpha value is -5.60. The van der Waals surface area contributed by atoms with Gasteiger partial charge in [-0.1, -0.05) is 115 Å². The van der Waals surface area contributed by atoms with Crippen LogP contribution in [0.2, 0.25) is 0 Å². The second kappa shape index (κ2) is 9.20. The highest BCUT2D eigenvalue weighted by Gasteiger charge is 2.23. The van der Waals surface area contributed by atoms with E-state index in [9.17, 15) is 0 Å². The van der Waals surface area contributed by atoms with Crippen molar-refractivity contribution < 1.29 is 4.42 Å². The van der Waals surface area contributed by atoms with Crippen molar-refractivity contribution in [3.63, 3.8) is 0 Å². The third kappa shape index (κ3) is 3.60. The summed E-state index contributed by atoms with van der Waals surface area (Å²) >= 11 is 0. The summed E-state index contributed by atoms with van der Waals surface area (Å²) in [7, 11) is 0. The van der Waals surface area contributed by atoms with E-state index in [0.717, 1.165) is 44.4 Å². The first-order valence-corrected chi connectivity index (χ1v) is 14.8. The van der Waals surface area contributed by atoms with Crippen molar-refractivity contribution >= 4 is 82.1 Å². The van der Waals surface area contributed by atoms with Crippen molar-refractivity contribution in [2.45, 2.75) is 6.92 Å². The lowest BCUT2D eigenvalue weighted by Crippen LogP contribution is -2.11. The molecule has 0 saturated heterocycles. The molecule has 0 spiro atoms. The molecule has 0 aliphatic heterocycles. The van der Waals surface area contributed by atoms with E-state index in [2.05, 4.69) is 157 Å². The first kappa shape index (κ1) is 24.0. The Labute approximate surface area is 249 Å². The number of rotatable bonds is 3. The van der Waals surface area contributed by atoms with Gasteiger partial charge in [0.2, 0.25) is 0 Å². The zero-order valence-corrected chi connectivity index (χ0v) is 23.7. The highest BCUT2D eigenvalue weighted by molar-refractivity contribution is 6.22. The van der Waals surface area contributed by atoms with Gasteiger partial charge in [-0.05, 0) is 69.8 Å². The van der Waals surface area contributed by atoms with E-state index >= 15 is 0 Å². The van der Waals surface area contributed by atoms with Crippen LogP contribution >= 0.6 is 0 Å².